The van der Waals surface area contributed by atoms with Gasteiger partial charge in [0, 0.05) is 26.8 Å². The van der Waals surface area contributed by atoms with Crippen LogP contribution in [-0.4, -0.2) is 57.3 Å². The lowest BCUT2D eigenvalue weighted by atomic mass is 10.2. The molecule has 1 aromatic heterocycles. The van der Waals surface area contributed by atoms with E-state index in [-0.39, 0.29) is 23.6 Å². The zero-order chi connectivity index (χ0) is 15.9. The second kappa shape index (κ2) is 8.28. The fourth-order valence-corrected chi connectivity index (χ4v) is 2.15. The standard InChI is InChI=1S/C14H19ClN2O5/c1-19-12(20-2)7-16-13(18)9-5-11(15)14(17-6-9)22-10-3-4-21-8-10/h5-6,10,12H,3-4,7-8H2,1-2H3,(H,16,18)/t10-/m0/s1. The molecule has 0 spiro atoms. The Morgan fingerprint density at radius 2 is 2.32 bits per heavy atom. The van der Waals surface area contributed by atoms with Gasteiger partial charge in [0.15, 0.2) is 6.29 Å². The van der Waals surface area contributed by atoms with Gasteiger partial charge < -0.3 is 24.3 Å². The molecule has 122 valence electrons. The number of ether oxygens (including phenoxy) is 4. The Bertz CT molecular complexity index is 504. The van der Waals surface area contributed by atoms with E-state index >= 15 is 0 Å². The summed E-state index contributed by atoms with van der Waals surface area (Å²) in [5, 5.41) is 2.96. The molecular formula is C14H19ClN2O5. The summed E-state index contributed by atoms with van der Waals surface area (Å²) in [6, 6.07) is 1.52. The van der Waals surface area contributed by atoms with Gasteiger partial charge in [-0.1, -0.05) is 11.6 Å². The number of hydrogen-bond acceptors (Lipinski definition) is 6. The number of nitrogens with zero attached hydrogens (tertiary/aromatic N) is 1. The Morgan fingerprint density at radius 3 is 2.91 bits per heavy atom. The number of amides is 1. The predicted molar refractivity (Wildman–Crippen MR) is 79.2 cm³/mol. The third-order valence-electron chi connectivity index (χ3n) is 3.19. The second-order valence-electron chi connectivity index (χ2n) is 4.73. The number of nitrogens with one attached hydrogen (secondary N) is 1. The van der Waals surface area contributed by atoms with E-state index in [0.29, 0.717) is 24.7 Å². The van der Waals surface area contributed by atoms with Crippen molar-refractivity contribution in [2.75, 3.05) is 34.0 Å². The highest BCUT2D eigenvalue weighted by Crippen LogP contribution is 2.25. The molecule has 1 saturated heterocycles. The van der Waals surface area contributed by atoms with Crippen LogP contribution in [0.2, 0.25) is 5.02 Å². The lowest BCUT2D eigenvalue weighted by Crippen LogP contribution is -2.34. The maximum Gasteiger partial charge on any atom is 0.253 e. The van der Waals surface area contributed by atoms with E-state index in [4.69, 9.17) is 30.5 Å². The summed E-state index contributed by atoms with van der Waals surface area (Å²) in [4.78, 5) is 16.1. The molecule has 1 aliphatic rings. The van der Waals surface area contributed by atoms with Gasteiger partial charge in [0.2, 0.25) is 5.88 Å². The lowest BCUT2D eigenvalue weighted by molar-refractivity contribution is -0.0974. The van der Waals surface area contributed by atoms with Crippen LogP contribution in [0.25, 0.3) is 0 Å². The summed E-state index contributed by atoms with van der Waals surface area (Å²) in [7, 11) is 3.00. The number of carbonyl (C=O) groups is 1. The van der Waals surface area contributed by atoms with Crippen molar-refractivity contribution in [1.29, 1.82) is 0 Å². The van der Waals surface area contributed by atoms with Gasteiger partial charge >= 0.3 is 0 Å². The van der Waals surface area contributed by atoms with Crippen LogP contribution in [0.15, 0.2) is 12.3 Å². The topological polar surface area (TPSA) is 78.9 Å². The SMILES string of the molecule is COC(CNC(=O)c1cnc(O[C@H]2CCOC2)c(Cl)c1)OC. The Labute approximate surface area is 133 Å². The molecule has 2 heterocycles. The fraction of sp³-hybridized carbons (Fsp3) is 0.571. The normalized spacial score (nSPS) is 17.7. The van der Waals surface area contributed by atoms with Crippen molar-refractivity contribution in [3.8, 4) is 5.88 Å². The molecule has 1 aliphatic heterocycles. The van der Waals surface area contributed by atoms with Crippen molar-refractivity contribution < 1.29 is 23.7 Å². The molecule has 0 bridgehead atoms. The van der Waals surface area contributed by atoms with Crippen molar-refractivity contribution in [2.24, 2.45) is 0 Å². The first-order valence-electron chi connectivity index (χ1n) is 6.87. The minimum atomic E-state index is -0.502. The molecule has 22 heavy (non-hydrogen) atoms. The number of halogens is 1. The summed E-state index contributed by atoms with van der Waals surface area (Å²) in [5.74, 6) is -0.00961. The van der Waals surface area contributed by atoms with Gasteiger partial charge in [-0.3, -0.25) is 4.79 Å². The van der Waals surface area contributed by atoms with Crippen LogP contribution in [0.4, 0.5) is 0 Å². The molecule has 1 amide bonds. The van der Waals surface area contributed by atoms with Crippen LogP contribution in [0.1, 0.15) is 16.8 Å². The van der Waals surface area contributed by atoms with Crippen molar-refractivity contribution in [3.63, 3.8) is 0 Å². The van der Waals surface area contributed by atoms with Crippen LogP contribution in [0.3, 0.4) is 0 Å². The van der Waals surface area contributed by atoms with Gasteiger partial charge in [0.25, 0.3) is 5.91 Å². The number of aromatic nitrogens is 1. The summed E-state index contributed by atoms with van der Waals surface area (Å²) >= 11 is 6.11. The van der Waals surface area contributed by atoms with Gasteiger partial charge in [-0.05, 0) is 6.07 Å². The Hall–Kier alpha value is -1.41. The zero-order valence-electron chi connectivity index (χ0n) is 12.5. The molecule has 0 radical (unpaired) electrons. The van der Waals surface area contributed by atoms with Crippen LogP contribution in [-0.2, 0) is 14.2 Å². The Balaban J connectivity index is 1.94. The van der Waals surface area contributed by atoms with E-state index in [2.05, 4.69) is 10.3 Å². The largest absolute Gasteiger partial charge is 0.471 e. The summed E-state index contributed by atoms with van der Waals surface area (Å²) < 4.78 is 20.8. The smallest absolute Gasteiger partial charge is 0.253 e. The molecule has 8 heteroatoms. The number of methoxy groups -OCH3 is 2. The number of pyridine rings is 1. The van der Waals surface area contributed by atoms with Gasteiger partial charge in [0.05, 0.1) is 25.3 Å². The zero-order valence-corrected chi connectivity index (χ0v) is 13.3. The number of carbonyl (C=O) groups excluding carboxylic acids is 1. The maximum atomic E-state index is 12.0. The maximum absolute atomic E-state index is 12.0. The van der Waals surface area contributed by atoms with E-state index in [1.165, 1.54) is 26.5 Å². The molecule has 1 fully saturated rings. The second-order valence-corrected chi connectivity index (χ2v) is 5.13. The number of hydrogen-bond donors (Lipinski definition) is 1. The van der Waals surface area contributed by atoms with Crippen LogP contribution < -0.4 is 10.1 Å². The summed E-state index contributed by atoms with van der Waals surface area (Å²) in [6.45, 7) is 1.42. The fourth-order valence-electron chi connectivity index (χ4n) is 1.94. The molecule has 0 aliphatic carbocycles. The van der Waals surface area contributed by atoms with Crippen LogP contribution in [0, 0.1) is 0 Å². The van der Waals surface area contributed by atoms with E-state index in [9.17, 15) is 4.79 Å². The van der Waals surface area contributed by atoms with Gasteiger partial charge in [-0.15, -0.1) is 0 Å². The monoisotopic (exact) mass is 330 g/mol. The molecule has 0 saturated carbocycles. The van der Waals surface area contributed by atoms with Crippen molar-refractivity contribution in [3.05, 3.63) is 22.8 Å². The lowest BCUT2D eigenvalue weighted by Gasteiger charge is -2.15. The van der Waals surface area contributed by atoms with Crippen LogP contribution in [0.5, 0.6) is 5.88 Å². The van der Waals surface area contributed by atoms with Crippen molar-refractivity contribution in [1.82, 2.24) is 10.3 Å². The summed E-state index contributed by atoms with van der Waals surface area (Å²) in [6.07, 6.45) is 1.67. The van der Waals surface area contributed by atoms with Gasteiger partial charge in [-0.2, -0.15) is 0 Å². The number of rotatable bonds is 7. The first-order valence-corrected chi connectivity index (χ1v) is 7.25. The molecule has 0 unspecified atom stereocenters. The quantitative estimate of drug-likeness (QED) is 0.758. The van der Waals surface area contributed by atoms with E-state index in [0.717, 1.165) is 6.42 Å². The first-order chi connectivity index (χ1) is 10.6. The highest BCUT2D eigenvalue weighted by atomic mass is 35.5. The third kappa shape index (κ3) is 4.54. The highest BCUT2D eigenvalue weighted by molar-refractivity contribution is 6.32. The Morgan fingerprint density at radius 1 is 1.55 bits per heavy atom. The molecular weight excluding hydrogens is 312 g/mol. The molecule has 7 nitrogen and oxygen atoms in total. The Kier molecular flexibility index (Phi) is 6.38. The average Bonchev–Trinajstić information content (AvgIpc) is 3.03. The van der Waals surface area contributed by atoms with Gasteiger partial charge in [0.1, 0.15) is 11.1 Å². The summed E-state index contributed by atoms with van der Waals surface area (Å²) in [5.41, 5.74) is 0.339. The molecule has 0 aromatic carbocycles. The van der Waals surface area contributed by atoms with E-state index in [1.807, 2.05) is 0 Å². The molecule has 2 rings (SSSR count). The molecule has 1 N–H and O–H groups in total. The average molecular weight is 331 g/mol. The van der Waals surface area contributed by atoms with Crippen molar-refractivity contribution in [2.45, 2.75) is 18.8 Å². The van der Waals surface area contributed by atoms with Crippen molar-refractivity contribution >= 4 is 17.5 Å². The third-order valence-corrected chi connectivity index (χ3v) is 3.46. The minimum Gasteiger partial charge on any atom is -0.471 e. The highest BCUT2D eigenvalue weighted by Gasteiger charge is 2.20. The van der Waals surface area contributed by atoms with Gasteiger partial charge in [-0.25, -0.2) is 4.98 Å². The minimum absolute atomic E-state index is 0.0474. The molecule has 1 aromatic rings. The molecule has 1 atom stereocenters. The first kappa shape index (κ1) is 17.0. The predicted octanol–water partition coefficient (Wildman–Crippen LogP) is 1.25. The van der Waals surface area contributed by atoms with Crippen LogP contribution >= 0.6 is 11.6 Å². The van der Waals surface area contributed by atoms with E-state index in [1.54, 1.807) is 0 Å². The van der Waals surface area contributed by atoms with E-state index < -0.39 is 6.29 Å².